The fraction of sp³-hybridized carbons (Fsp3) is 0. The van der Waals surface area contributed by atoms with Gasteiger partial charge in [0.2, 0.25) is 0 Å². The lowest BCUT2D eigenvalue weighted by Crippen LogP contribution is -2.19. The van der Waals surface area contributed by atoms with E-state index in [1.54, 1.807) is 24.3 Å². The van der Waals surface area contributed by atoms with Crippen molar-refractivity contribution in [2.75, 3.05) is 0 Å². The molecule has 0 aliphatic rings. The number of rotatable bonds is 2. The molecule has 0 radical (unpaired) electrons. The van der Waals surface area contributed by atoms with E-state index in [0.29, 0.717) is 5.56 Å². The van der Waals surface area contributed by atoms with Crippen molar-refractivity contribution in [2.45, 2.75) is 0 Å². The van der Waals surface area contributed by atoms with Gasteiger partial charge < -0.3 is 14.3 Å². The lowest BCUT2D eigenvalue weighted by atomic mass is 10.2. The molecule has 1 aromatic heterocycles. The highest BCUT2D eigenvalue weighted by Crippen LogP contribution is 2.20. The predicted molar refractivity (Wildman–Crippen MR) is 53.0 cm³/mol. The Bertz CT molecular complexity index is 549. The molecule has 0 aliphatic heterocycles. The second kappa shape index (κ2) is 4.44. The fourth-order valence-electron chi connectivity index (χ4n) is 1.07. The highest BCUT2D eigenvalue weighted by molar-refractivity contribution is 6.29. The smallest absolute Gasteiger partial charge is 0.426 e. The summed E-state index contributed by atoms with van der Waals surface area (Å²) in [5.41, 5.74) is 0.637. The van der Waals surface area contributed by atoms with Crippen LogP contribution in [0.2, 0.25) is 0 Å². The zero-order valence-electron chi connectivity index (χ0n) is 8.36. The third-order valence-electron chi connectivity index (χ3n) is 1.78. The van der Waals surface area contributed by atoms with Crippen molar-refractivity contribution in [3.05, 3.63) is 30.3 Å². The number of carboxylic acids is 1. The zero-order valence-corrected chi connectivity index (χ0v) is 8.36. The minimum absolute atomic E-state index is 0.138. The van der Waals surface area contributed by atoms with Crippen LogP contribution in [0.15, 0.2) is 34.7 Å². The summed E-state index contributed by atoms with van der Waals surface area (Å²) in [5.74, 6) is -3.07. The number of carboxylic acid groups (broad SMARTS) is 1. The van der Waals surface area contributed by atoms with E-state index in [4.69, 9.17) is 9.52 Å². The molecule has 0 bridgehead atoms. The number of ether oxygens (including phenoxy) is 1. The van der Waals surface area contributed by atoms with E-state index in [9.17, 15) is 9.59 Å². The van der Waals surface area contributed by atoms with Crippen molar-refractivity contribution in [1.82, 2.24) is 10.2 Å². The van der Waals surface area contributed by atoms with Crippen LogP contribution in [0.1, 0.15) is 0 Å². The van der Waals surface area contributed by atoms with Crippen LogP contribution in [0.3, 0.4) is 0 Å². The number of esters is 1. The Hall–Kier alpha value is -2.70. The van der Waals surface area contributed by atoms with Crippen molar-refractivity contribution in [3.63, 3.8) is 0 Å². The predicted octanol–water partition coefficient (Wildman–Crippen LogP) is 0.727. The number of carbonyl (C=O) groups is 2. The maximum Gasteiger partial charge on any atom is 0.426 e. The van der Waals surface area contributed by atoms with Crippen LogP contribution in [0.4, 0.5) is 0 Å². The van der Waals surface area contributed by atoms with Crippen LogP contribution in [-0.2, 0) is 9.59 Å². The molecule has 7 heteroatoms. The Kier molecular flexibility index (Phi) is 2.82. The Balaban J connectivity index is 2.17. The number of nitrogens with zero attached hydrogens (tertiary/aromatic N) is 2. The summed E-state index contributed by atoms with van der Waals surface area (Å²) < 4.78 is 9.26. The van der Waals surface area contributed by atoms with E-state index in [0.717, 1.165) is 0 Å². The van der Waals surface area contributed by atoms with Crippen molar-refractivity contribution in [3.8, 4) is 17.5 Å². The lowest BCUT2D eigenvalue weighted by Gasteiger charge is -1.93. The van der Waals surface area contributed by atoms with E-state index in [1.165, 1.54) is 0 Å². The van der Waals surface area contributed by atoms with Crippen LogP contribution in [0, 0.1) is 0 Å². The third kappa shape index (κ3) is 2.46. The maximum atomic E-state index is 10.7. The summed E-state index contributed by atoms with van der Waals surface area (Å²) in [7, 11) is 0. The molecule has 0 atom stereocenters. The normalized spacial score (nSPS) is 9.88. The molecule has 0 spiro atoms. The quantitative estimate of drug-likeness (QED) is 0.603. The summed E-state index contributed by atoms with van der Waals surface area (Å²) in [5, 5.41) is 15.3. The summed E-state index contributed by atoms with van der Waals surface area (Å²) in [6.07, 6.45) is -0.503. The molecule has 1 heterocycles. The van der Waals surface area contributed by atoms with E-state index in [1.807, 2.05) is 6.07 Å². The Morgan fingerprint density at radius 2 is 1.88 bits per heavy atom. The fourth-order valence-corrected chi connectivity index (χ4v) is 1.07. The highest BCUT2D eigenvalue weighted by atomic mass is 16.6. The highest BCUT2D eigenvalue weighted by Gasteiger charge is 2.18. The molecule has 2 rings (SSSR count). The van der Waals surface area contributed by atoms with Crippen LogP contribution < -0.4 is 4.74 Å². The molecule has 0 amide bonds. The second-order valence-electron chi connectivity index (χ2n) is 2.93. The van der Waals surface area contributed by atoms with Gasteiger partial charge in [-0.05, 0) is 12.1 Å². The van der Waals surface area contributed by atoms with Gasteiger partial charge >= 0.3 is 18.0 Å². The van der Waals surface area contributed by atoms with Crippen molar-refractivity contribution >= 4 is 11.9 Å². The SMILES string of the molecule is O=C(O)C(=O)Oc1nnc(-c2ccccc2)o1. The third-order valence-corrected chi connectivity index (χ3v) is 1.78. The lowest BCUT2D eigenvalue weighted by molar-refractivity contribution is -0.158. The average molecular weight is 234 g/mol. The molecule has 17 heavy (non-hydrogen) atoms. The van der Waals surface area contributed by atoms with Gasteiger partial charge in [0.25, 0.3) is 5.89 Å². The molecule has 2 aromatic rings. The van der Waals surface area contributed by atoms with Crippen molar-refractivity contribution in [1.29, 1.82) is 0 Å². The number of carbonyl (C=O) groups excluding carboxylic acids is 1. The number of aromatic nitrogens is 2. The summed E-state index contributed by atoms with van der Waals surface area (Å²) in [4.78, 5) is 20.9. The summed E-state index contributed by atoms with van der Waals surface area (Å²) in [6, 6.07) is 8.78. The second-order valence-corrected chi connectivity index (χ2v) is 2.93. The first-order valence-corrected chi connectivity index (χ1v) is 4.51. The van der Waals surface area contributed by atoms with Gasteiger partial charge in [0, 0.05) is 5.56 Å². The minimum atomic E-state index is -1.73. The average Bonchev–Trinajstić information content (AvgIpc) is 2.78. The molecule has 0 aliphatic carbocycles. The molecule has 0 unspecified atom stereocenters. The molecular formula is C10H6N2O5. The zero-order chi connectivity index (χ0) is 12.3. The number of aliphatic carboxylic acids is 1. The molecule has 1 aromatic carbocycles. The summed E-state index contributed by atoms with van der Waals surface area (Å²) >= 11 is 0. The van der Waals surface area contributed by atoms with E-state index >= 15 is 0 Å². The van der Waals surface area contributed by atoms with Gasteiger partial charge in [0.1, 0.15) is 0 Å². The Labute approximate surface area is 94.7 Å². The van der Waals surface area contributed by atoms with Crippen molar-refractivity contribution < 1.29 is 23.8 Å². The monoisotopic (exact) mass is 234 g/mol. The molecule has 86 valence electrons. The topological polar surface area (TPSA) is 103 Å². The molecule has 7 nitrogen and oxygen atoms in total. The van der Waals surface area contributed by atoms with E-state index in [2.05, 4.69) is 14.9 Å². The van der Waals surface area contributed by atoms with Gasteiger partial charge in [-0.25, -0.2) is 9.59 Å². The van der Waals surface area contributed by atoms with Gasteiger partial charge in [0.05, 0.1) is 0 Å². The van der Waals surface area contributed by atoms with Gasteiger partial charge in [-0.2, -0.15) is 0 Å². The van der Waals surface area contributed by atoms with Gasteiger partial charge in [-0.3, -0.25) is 0 Å². The Morgan fingerprint density at radius 1 is 1.18 bits per heavy atom. The first-order chi connectivity index (χ1) is 8.16. The van der Waals surface area contributed by atoms with Gasteiger partial charge in [-0.15, -0.1) is 5.10 Å². The number of hydrogen-bond acceptors (Lipinski definition) is 6. The number of hydrogen-bond donors (Lipinski definition) is 1. The first kappa shape index (κ1) is 10.8. The van der Waals surface area contributed by atoms with Crippen LogP contribution in [0.25, 0.3) is 11.5 Å². The van der Waals surface area contributed by atoms with Gasteiger partial charge in [-0.1, -0.05) is 23.3 Å². The van der Waals surface area contributed by atoms with Crippen LogP contribution >= 0.6 is 0 Å². The van der Waals surface area contributed by atoms with E-state index < -0.39 is 18.0 Å². The molecule has 0 saturated carbocycles. The maximum absolute atomic E-state index is 10.7. The molecular weight excluding hydrogens is 228 g/mol. The Morgan fingerprint density at radius 3 is 2.53 bits per heavy atom. The summed E-state index contributed by atoms with van der Waals surface area (Å²) in [6.45, 7) is 0. The first-order valence-electron chi connectivity index (χ1n) is 4.51. The van der Waals surface area contributed by atoms with Crippen molar-refractivity contribution in [2.24, 2.45) is 0 Å². The van der Waals surface area contributed by atoms with E-state index in [-0.39, 0.29) is 5.89 Å². The molecule has 1 N–H and O–H groups in total. The largest absolute Gasteiger partial charge is 0.473 e. The number of benzene rings is 1. The standard InChI is InChI=1S/C10H6N2O5/c13-8(14)9(15)17-10-12-11-7(16-10)6-4-2-1-3-5-6/h1-5H,(H,13,14). The molecule has 0 fully saturated rings. The minimum Gasteiger partial charge on any atom is -0.473 e. The molecule has 0 saturated heterocycles. The van der Waals surface area contributed by atoms with Gasteiger partial charge in [0.15, 0.2) is 0 Å². The van der Waals surface area contributed by atoms with Crippen LogP contribution in [0.5, 0.6) is 6.08 Å². The van der Waals surface area contributed by atoms with Crippen LogP contribution in [-0.4, -0.2) is 27.2 Å².